The number of allylic oxidation sites excluding steroid dienone is 4. The zero-order valence-corrected chi connectivity index (χ0v) is 15.2. The van der Waals surface area contributed by atoms with Gasteiger partial charge in [-0.1, -0.05) is 0 Å². The molecule has 0 radical (unpaired) electrons. The van der Waals surface area contributed by atoms with Gasteiger partial charge in [-0.25, -0.2) is 0 Å². The van der Waals surface area contributed by atoms with Crippen molar-refractivity contribution in [3.05, 3.63) is 20.7 Å². The van der Waals surface area contributed by atoms with Gasteiger partial charge in [0, 0.05) is 0 Å². The molecule has 11 heavy (non-hydrogen) atoms. The topological polar surface area (TPSA) is 0 Å². The van der Waals surface area contributed by atoms with E-state index in [9.17, 15) is 0 Å². The van der Waals surface area contributed by atoms with Crippen molar-refractivity contribution in [3.63, 3.8) is 0 Å². The summed E-state index contributed by atoms with van der Waals surface area (Å²) in [5.41, 5.74) is 0. The fourth-order valence-electron chi connectivity index (χ4n) is 1.43. The summed E-state index contributed by atoms with van der Waals surface area (Å²) in [5, 5.41) is 2.39. The molecule has 0 aliphatic heterocycles. The molecule has 1 rings (SSSR count). The molecule has 0 saturated carbocycles. The van der Waals surface area contributed by atoms with Crippen molar-refractivity contribution in [1.29, 1.82) is 0 Å². The molecule has 0 heterocycles. The van der Waals surface area contributed by atoms with E-state index in [1.54, 1.807) is 5.20 Å². The molecule has 0 saturated heterocycles. The Morgan fingerprint density at radius 1 is 1.45 bits per heavy atom. The second-order valence-corrected chi connectivity index (χ2v) is 11.3. The predicted molar refractivity (Wildman–Crippen MR) is 57.6 cm³/mol. The van der Waals surface area contributed by atoms with Crippen molar-refractivity contribution in [2.45, 2.75) is 32.2 Å². The molecular formula is C9H17InSi. The van der Waals surface area contributed by atoms with Crippen LogP contribution < -0.4 is 0 Å². The Kier molecular flexibility index (Phi) is 3.09. The van der Waals surface area contributed by atoms with Gasteiger partial charge in [0.05, 0.1) is 0 Å². The first kappa shape index (κ1) is 9.65. The molecule has 0 amide bonds. The van der Waals surface area contributed by atoms with Crippen LogP contribution in [0.2, 0.25) is 5.04 Å². The third kappa shape index (κ3) is 3.20. The van der Waals surface area contributed by atoms with Crippen LogP contribution in [0.15, 0.2) is 20.7 Å². The maximum absolute atomic E-state index is 2.39. The van der Waals surface area contributed by atoms with Crippen molar-refractivity contribution in [2.75, 3.05) is 0 Å². The van der Waals surface area contributed by atoms with Crippen molar-refractivity contribution < 1.29 is 0 Å². The Labute approximate surface area is 86.5 Å². The van der Waals surface area contributed by atoms with Gasteiger partial charge in [-0.3, -0.25) is 0 Å². The average molecular weight is 268 g/mol. The second-order valence-electron chi connectivity index (χ2n) is 4.65. The fraction of sp³-hybridized carbons (Fsp3) is 0.556. The Balaban J connectivity index is 2.63. The Hall–Kier alpha value is 0.567. The summed E-state index contributed by atoms with van der Waals surface area (Å²) < 4.78 is 1.83. The minimum absolute atomic E-state index is 0.0240. The van der Waals surface area contributed by atoms with Crippen molar-refractivity contribution >= 4 is 33.9 Å². The van der Waals surface area contributed by atoms with E-state index < -0.39 is 0 Å². The third-order valence-corrected chi connectivity index (χ3v) is 9.31. The first-order chi connectivity index (χ1) is 4.99. The van der Waals surface area contributed by atoms with Crippen LogP contribution in [0, 0.1) is 0 Å². The van der Waals surface area contributed by atoms with E-state index in [4.69, 9.17) is 0 Å². The molecule has 0 aromatic heterocycles. The molecule has 2 heteroatoms. The van der Waals surface area contributed by atoms with E-state index in [0.29, 0.717) is 5.04 Å². The van der Waals surface area contributed by atoms with Gasteiger partial charge in [-0.2, -0.15) is 0 Å². The van der Waals surface area contributed by atoms with Crippen LogP contribution in [-0.4, -0.2) is 33.9 Å². The number of hydrogen-bond donors (Lipinski definition) is 0. The summed E-state index contributed by atoms with van der Waals surface area (Å²) >= 11 is 0.774. The summed E-state index contributed by atoms with van der Waals surface area (Å²) in [5.74, 6) is 0. The third-order valence-electron chi connectivity index (χ3n) is 2.01. The van der Waals surface area contributed by atoms with Crippen LogP contribution in [0.25, 0.3) is 0 Å². The van der Waals surface area contributed by atoms with Crippen LogP contribution in [0.1, 0.15) is 27.2 Å². The molecule has 0 bridgehead atoms. The molecule has 0 unspecified atom stereocenters. The second kappa shape index (κ2) is 3.52. The maximum atomic E-state index is 2.39. The molecule has 0 nitrogen and oxygen atoms in total. The summed E-state index contributed by atoms with van der Waals surface area (Å²) in [4.78, 5) is 0. The Bertz CT molecular complexity index is 208. The first-order valence-electron chi connectivity index (χ1n) is 4.34. The average Bonchev–Trinajstić information content (AvgIpc) is 2.12. The van der Waals surface area contributed by atoms with Crippen LogP contribution in [0.3, 0.4) is 0 Å². The molecule has 0 fully saturated rings. The molecule has 1 aliphatic carbocycles. The SMILES string of the molecule is CC(C)(C)[SiH2]C1=[C]([InH2])CC=C1. The summed E-state index contributed by atoms with van der Waals surface area (Å²) in [6, 6.07) is 0. The molecular weight excluding hydrogens is 251 g/mol. The predicted octanol–water partition coefficient (Wildman–Crippen LogP) is 1.18. The van der Waals surface area contributed by atoms with Crippen molar-refractivity contribution in [1.82, 2.24) is 0 Å². The standard InChI is InChI=1S/C9H15Si.In.2H/c1-9(2,3)10-8-6-4-5-7-8;;;/h4,6H,5,10H2,1-3H3;;;. The van der Waals surface area contributed by atoms with Gasteiger partial charge in [0.15, 0.2) is 0 Å². The molecule has 0 N–H and O–H groups in total. The van der Waals surface area contributed by atoms with Gasteiger partial charge in [0.2, 0.25) is 0 Å². The van der Waals surface area contributed by atoms with Gasteiger partial charge in [0.25, 0.3) is 0 Å². The minimum atomic E-state index is 0.0240. The summed E-state index contributed by atoms with van der Waals surface area (Å²) in [6.45, 7) is 7.13. The summed E-state index contributed by atoms with van der Waals surface area (Å²) in [7, 11) is 0.0240. The molecule has 0 atom stereocenters. The Morgan fingerprint density at radius 2 is 2.09 bits per heavy atom. The van der Waals surface area contributed by atoms with Crippen LogP contribution >= 0.6 is 0 Å². The van der Waals surface area contributed by atoms with E-state index in [0.717, 1.165) is 24.4 Å². The Morgan fingerprint density at radius 3 is 2.45 bits per heavy atom. The quantitative estimate of drug-likeness (QED) is 0.626. The van der Waals surface area contributed by atoms with Crippen LogP contribution in [0.5, 0.6) is 0 Å². The number of rotatable bonds is 1. The van der Waals surface area contributed by atoms with Crippen molar-refractivity contribution in [3.8, 4) is 0 Å². The first-order valence-corrected chi connectivity index (χ1v) is 8.61. The van der Waals surface area contributed by atoms with E-state index in [2.05, 4.69) is 32.9 Å². The number of hydrogen-bond acceptors (Lipinski definition) is 0. The zero-order valence-electron chi connectivity index (χ0n) is 8.07. The van der Waals surface area contributed by atoms with E-state index >= 15 is 0 Å². The molecule has 0 aromatic carbocycles. The van der Waals surface area contributed by atoms with E-state index in [-0.39, 0.29) is 9.52 Å². The van der Waals surface area contributed by atoms with Gasteiger partial charge in [-0.15, -0.1) is 0 Å². The van der Waals surface area contributed by atoms with E-state index in [1.807, 2.05) is 3.33 Å². The van der Waals surface area contributed by atoms with Gasteiger partial charge < -0.3 is 0 Å². The molecule has 0 spiro atoms. The van der Waals surface area contributed by atoms with Gasteiger partial charge in [-0.05, 0) is 0 Å². The van der Waals surface area contributed by atoms with Crippen LogP contribution in [0.4, 0.5) is 0 Å². The molecule has 1 aliphatic rings. The fourth-order valence-corrected chi connectivity index (χ4v) is 5.97. The zero-order chi connectivity index (χ0) is 8.48. The summed E-state index contributed by atoms with van der Waals surface area (Å²) in [6.07, 6.45) is 6.04. The van der Waals surface area contributed by atoms with Crippen LogP contribution in [-0.2, 0) is 0 Å². The van der Waals surface area contributed by atoms with Gasteiger partial charge >= 0.3 is 86.8 Å². The molecule has 60 valence electrons. The molecule has 0 aromatic rings. The monoisotopic (exact) mass is 268 g/mol. The normalized spacial score (nSPS) is 19.2. The van der Waals surface area contributed by atoms with Crippen molar-refractivity contribution in [2.24, 2.45) is 0 Å². The van der Waals surface area contributed by atoms with E-state index in [1.165, 1.54) is 6.42 Å². The van der Waals surface area contributed by atoms with Gasteiger partial charge in [0.1, 0.15) is 0 Å².